The first kappa shape index (κ1) is 6.46. The second-order valence-corrected chi connectivity index (χ2v) is 3.67. The van der Waals surface area contributed by atoms with Gasteiger partial charge in [-0.25, -0.2) is 0 Å². The molecule has 12 heavy (non-hydrogen) atoms. The van der Waals surface area contributed by atoms with Crippen LogP contribution < -0.4 is 0 Å². The van der Waals surface area contributed by atoms with Crippen molar-refractivity contribution < 1.29 is 9.59 Å². The summed E-state index contributed by atoms with van der Waals surface area (Å²) in [7, 11) is 0. The Balaban J connectivity index is 1.94. The molecule has 0 bridgehead atoms. The lowest BCUT2D eigenvalue weighted by Crippen LogP contribution is -2.73. The van der Waals surface area contributed by atoms with Gasteiger partial charge in [0, 0.05) is 13.1 Å². The molecule has 0 spiro atoms. The lowest BCUT2D eigenvalue weighted by Gasteiger charge is -2.54. The Morgan fingerprint density at radius 2 is 1.33 bits per heavy atom. The number of carbonyl (C=O) groups is 2. The van der Waals surface area contributed by atoms with Gasteiger partial charge in [-0.2, -0.15) is 0 Å². The van der Waals surface area contributed by atoms with Crippen LogP contribution in [0.1, 0.15) is 12.8 Å². The van der Waals surface area contributed by atoms with Crippen LogP contribution in [0.3, 0.4) is 0 Å². The van der Waals surface area contributed by atoms with Gasteiger partial charge in [-0.05, 0) is 12.8 Å². The molecule has 3 aliphatic heterocycles. The van der Waals surface area contributed by atoms with Crippen LogP contribution in [0.25, 0.3) is 0 Å². The van der Waals surface area contributed by atoms with Crippen LogP contribution >= 0.6 is 0 Å². The number of nitrogens with zero attached hydrogens (tertiary/aromatic N) is 2. The van der Waals surface area contributed by atoms with E-state index in [0.717, 1.165) is 25.9 Å². The Labute approximate surface area is 70.1 Å². The molecule has 0 N–H and O–H groups in total. The lowest BCUT2D eigenvalue weighted by atomic mass is 9.88. The van der Waals surface area contributed by atoms with Gasteiger partial charge in [-0.15, -0.1) is 0 Å². The predicted molar refractivity (Wildman–Crippen MR) is 40.2 cm³/mol. The Morgan fingerprint density at radius 1 is 0.917 bits per heavy atom. The molecule has 0 aromatic heterocycles. The highest BCUT2D eigenvalue weighted by molar-refractivity contribution is 5.99. The van der Waals surface area contributed by atoms with Crippen molar-refractivity contribution in [3.05, 3.63) is 0 Å². The quantitative estimate of drug-likeness (QED) is 0.473. The van der Waals surface area contributed by atoms with Crippen LogP contribution in [-0.4, -0.2) is 46.8 Å². The second kappa shape index (κ2) is 1.81. The summed E-state index contributed by atoms with van der Waals surface area (Å²) in [5.74, 6) is 0.356. The first-order chi connectivity index (χ1) is 5.79. The van der Waals surface area contributed by atoms with Crippen molar-refractivity contribution in [1.29, 1.82) is 0 Å². The van der Waals surface area contributed by atoms with Gasteiger partial charge in [0.25, 0.3) is 0 Å². The second-order valence-electron chi connectivity index (χ2n) is 3.67. The molecule has 2 atom stereocenters. The maximum atomic E-state index is 11.5. The van der Waals surface area contributed by atoms with Crippen LogP contribution in [0.5, 0.6) is 0 Å². The molecule has 3 aliphatic rings. The van der Waals surface area contributed by atoms with Crippen molar-refractivity contribution in [1.82, 2.24) is 9.80 Å². The average Bonchev–Trinajstić information content (AvgIpc) is 1.78. The third-order valence-electron chi connectivity index (χ3n) is 3.18. The van der Waals surface area contributed by atoms with Crippen LogP contribution in [0.15, 0.2) is 0 Å². The summed E-state index contributed by atoms with van der Waals surface area (Å²) in [4.78, 5) is 26.5. The molecular weight excluding hydrogens is 156 g/mol. The first-order valence-corrected chi connectivity index (χ1v) is 4.40. The fourth-order valence-electron chi connectivity index (χ4n) is 2.20. The maximum absolute atomic E-state index is 11.5. The Bertz CT molecular complexity index is 224. The molecule has 2 amide bonds. The van der Waals surface area contributed by atoms with Crippen molar-refractivity contribution in [3.8, 4) is 0 Å². The van der Waals surface area contributed by atoms with Crippen LogP contribution in [0.4, 0.5) is 0 Å². The van der Waals surface area contributed by atoms with Crippen molar-refractivity contribution in [2.75, 3.05) is 13.1 Å². The fraction of sp³-hybridized carbons (Fsp3) is 0.750. The van der Waals surface area contributed by atoms with Gasteiger partial charge in [0.15, 0.2) is 0 Å². The van der Waals surface area contributed by atoms with E-state index in [9.17, 15) is 9.59 Å². The van der Waals surface area contributed by atoms with Crippen LogP contribution in [0, 0.1) is 0 Å². The minimum absolute atomic E-state index is 0.0888. The van der Waals surface area contributed by atoms with Gasteiger partial charge in [-0.3, -0.25) is 9.59 Å². The summed E-state index contributed by atoms with van der Waals surface area (Å²) < 4.78 is 0. The molecule has 4 nitrogen and oxygen atoms in total. The number of carbonyl (C=O) groups excluding carboxylic acids is 2. The number of piperazine rings is 1. The predicted octanol–water partition coefficient (Wildman–Crippen LogP) is -0.798. The van der Waals surface area contributed by atoms with Gasteiger partial charge in [-0.1, -0.05) is 0 Å². The molecule has 64 valence electrons. The highest BCUT2D eigenvalue weighted by atomic mass is 16.2. The minimum Gasteiger partial charge on any atom is -0.329 e. The molecule has 3 rings (SSSR count). The highest BCUT2D eigenvalue weighted by Gasteiger charge is 2.53. The van der Waals surface area contributed by atoms with Crippen molar-refractivity contribution >= 4 is 11.8 Å². The average molecular weight is 166 g/mol. The molecule has 3 fully saturated rings. The molecule has 0 aromatic carbocycles. The Hall–Kier alpha value is -1.06. The van der Waals surface area contributed by atoms with Crippen LogP contribution in [-0.2, 0) is 9.59 Å². The van der Waals surface area contributed by atoms with E-state index in [1.54, 1.807) is 9.80 Å². The molecular formula is C8H10N2O2. The Morgan fingerprint density at radius 3 is 1.58 bits per heavy atom. The van der Waals surface area contributed by atoms with E-state index in [1.807, 2.05) is 0 Å². The number of hydrogen-bond acceptors (Lipinski definition) is 2. The minimum atomic E-state index is -0.0888. The highest BCUT2D eigenvalue weighted by Crippen LogP contribution is 2.33. The van der Waals surface area contributed by atoms with Gasteiger partial charge in [0.2, 0.25) is 11.8 Å². The molecule has 2 unspecified atom stereocenters. The molecule has 0 aliphatic carbocycles. The normalized spacial score (nSPS) is 38.3. The summed E-state index contributed by atoms with van der Waals surface area (Å²) in [5.41, 5.74) is 0. The number of rotatable bonds is 0. The molecule has 4 heteroatoms. The zero-order valence-electron chi connectivity index (χ0n) is 6.69. The molecule has 0 radical (unpaired) electrons. The molecule has 0 aromatic rings. The molecule has 3 saturated heterocycles. The van der Waals surface area contributed by atoms with E-state index in [2.05, 4.69) is 0 Å². The SMILES string of the molecule is O=C1C2CCN2C(=O)C2CCN12. The van der Waals surface area contributed by atoms with E-state index in [0.29, 0.717) is 0 Å². The summed E-state index contributed by atoms with van der Waals surface area (Å²) in [6.45, 7) is 1.58. The van der Waals surface area contributed by atoms with E-state index in [4.69, 9.17) is 0 Å². The summed E-state index contributed by atoms with van der Waals surface area (Å²) in [6.07, 6.45) is 1.74. The van der Waals surface area contributed by atoms with Crippen molar-refractivity contribution in [3.63, 3.8) is 0 Å². The zero-order chi connectivity index (χ0) is 8.29. The van der Waals surface area contributed by atoms with E-state index >= 15 is 0 Å². The van der Waals surface area contributed by atoms with Crippen molar-refractivity contribution in [2.24, 2.45) is 0 Å². The largest absolute Gasteiger partial charge is 0.329 e. The summed E-state index contributed by atoms with van der Waals surface area (Å²) in [5, 5.41) is 0. The van der Waals surface area contributed by atoms with E-state index in [-0.39, 0.29) is 23.9 Å². The number of amides is 2. The number of hydrogen-bond donors (Lipinski definition) is 0. The van der Waals surface area contributed by atoms with Crippen molar-refractivity contribution in [2.45, 2.75) is 24.9 Å². The third kappa shape index (κ3) is 0.519. The smallest absolute Gasteiger partial charge is 0.246 e. The zero-order valence-corrected chi connectivity index (χ0v) is 6.69. The fourth-order valence-corrected chi connectivity index (χ4v) is 2.20. The maximum Gasteiger partial charge on any atom is 0.246 e. The van der Waals surface area contributed by atoms with Gasteiger partial charge < -0.3 is 9.80 Å². The lowest BCUT2D eigenvalue weighted by molar-refractivity contribution is -0.177. The summed E-state index contributed by atoms with van der Waals surface area (Å²) >= 11 is 0. The number of fused-ring (bicyclic) bond motifs is 2. The first-order valence-electron chi connectivity index (χ1n) is 4.40. The summed E-state index contributed by atoms with van der Waals surface area (Å²) in [6, 6.07) is -0.178. The van der Waals surface area contributed by atoms with E-state index < -0.39 is 0 Å². The van der Waals surface area contributed by atoms with Gasteiger partial charge >= 0.3 is 0 Å². The van der Waals surface area contributed by atoms with E-state index in [1.165, 1.54) is 0 Å². The monoisotopic (exact) mass is 166 g/mol. The standard InChI is InChI=1S/C8H10N2O2/c11-7-5-1-3-9(5)8(12)6-2-4-10(6)7/h5-6H,1-4H2. The van der Waals surface area contributed by atoms with Gasteiger partial charge in [0.05, 0.1) is 0 Å². The molecule has 3 heterocycles. The van der Waals surface area contributed by atoms with Gasteiger partial charge in [0.1, 0.15) is 12.1 Å². The third-order valence-corrected chi connectivity index (χ3v) is 3.18. The Kier molecular flexibility index (Phi) is 0.975. The molecule has 0 saturated carbocycles. The van der Waals surface area contributed by atoms with Crippen LogP contribution in [0.2, 0.25) is 0 Å². The topological polar surface area (TPSA) is 40.6 Å².